The molecule has 2 aliphatic rings. The van der Waals surface area contributed by atoms with Crippen LogP contribution in [0, 0.1) is 12.8 Å². The molecule has 2 aliphatic heterocycles. The number of aliphatic carboxylic acids is 1. The van der Waals surface area contributed by atoms with Crippen molar-refractivity contribution in [1.82, 2.24) is 4.90 Å². The van der Waals surface area contributed by atoms with E-state index in [1.807, 2.05) is 0 Å². The normalized spacial score (nSPS) is 27.9. The highest BCUT2D eigenvalue weighted by molar-refractivity contribution is 5.96. The predicted octanol–water partition coefficient (Wildman–Crippen LogP) is 1.78. The molecule has 2 N–H and O–H groups in total. The quantitative estimate of drug-likeness (QED) is 0.862. The van der Waals surface area contributed by atoms with Gasteiger partial charge in [-0.25, -0.2) is 0 Å². The Hall–Kier alpha value is -2.04. The second-order valence-corrected chi connectivity index (χ2v) is 5.69. The molecule has 5 heteroatoms. The molecule has 3 atom stereocenters. The summed E-state index contributed by atoms with van der Waals surface area (Å²) in [7, 11) is 0. The second kappa shape index (κ2) is 4.51. The Morgan fingerprint density at radius 2 is 2.05 bits per heavy atom. The lowest BCUT2D eigenvalue weighted by molar-refractivity contribution is -0.142. The Morgan fingerprint density at radius 1 is 1.30 bits per heavy atom. The zero-order valence-electron chi connectivity index (χ0n) is 11.2. The Bertz CT molecular complexity index is 583. The van der Waals surface area contributed by atoms with E-state index in [9.17, 15) is 19.8 Å². The van der Waals surface area contributed by atoms with E-state index < -0.39 is 11.9 Å². The van der Waals surface area contributed by atoms with Gasteiger partial charge in [0.2, 0.25) is 0 Å². The van der Waals surface area contributed by atoms with Crippen LogP contribution in [0.1, 0.15) is 35.2 Å². The van der Waals surface area contributed by atoms with Crippen molar-refractivity contribution in [3.8, 4) is 5.75 Å². The highest BCUT2D eigenvalue weighted by Gasteiger charge is 2.51. The van der Waals surface area contributed by atoms with E-state index in [0.29, 0.717) is 17.5 Å². The number of carboxylic acid groups (broad SMARTS) is 1. The van der Waals surface area contributed by atoms with E-state index in [4.69, 9.17) is 0 Å². The first-order chi connectivity index (χ1) is 9.49. The van der Waals surface area contributed by atoms with Gasteiger partial charge in [-0.15, -0.1) is 0 Å². The number of fused-ring (bicyclic) bond motifs is 2. The Morgan fingerprint density at radius 3 is 2.65 bits per heavy atom. The van der Waals surface area contributed by atoms with Gasteiger partial charge in [-0.1, -0.05) is 6.07 Å². The van der Waals surface area contributed by atoms with Gasteiger partial charge >= 0.3 is 5.97 Å². The van der Waals surface area contributed by atoms with E-state index in [-0.39, 0.29) is 23.7 Å². The number of benzene rings is 1. The topological polar surface area (TPSA) is 77.8 Å². The van der Waals surface area contributed by atoms with Gasteiger partial charge in [0.1, 0.15) is 5.75 Å². The standard InChI is InChI=1S/C15H17NO4/c1-8-2-3-9(6-13(8)17)14(18)16-10-4-5-12(16)11(7-10)15(19)20/h2-3,6,10-12,17H,4-5,7H2,1H3,(H,19,20). The average Bonchev–Trinajstić information content (AvgIpc) is 2.98. The Balaban J connectivity index is 1.88. The Kier molecular flexibility index (Phi) is 2.92. The van der Waals surface area contributed by atoms with Crippen molar-refractivity contribution >= 4 is 11.9 Å². The fourth-order valence-electron chi connectivity index (χ4n) is 3.46. The molecule has 0 radical (unpaired) electrons. The maximum Gasteiger partial charge on any atom is 0.308 e. The first-order valence-electron chi connectivity index (χ1n) is 6.84. The number of carbonyl (C=O) groups is 2. The van der Waals surface area contributed by atoms with Crippen LogP contribution in [-0.2, 0) is 4.79 Å². The lowest BCUT2D eigenvalue weighted by Crippen LogP contribution is -2.37. The number of carbonyl (C=O) groups excluding carboxylic acids is 1. The van der Waals surface area contributed by atoms with Crippen LogP contribution < -0.4 is 0 Å². The highest BCUT2D eigenvalue weighted by atomic mass is 16.4. The summed E-state index contributed by atoms with van der Waals surface area (Å²) in [5.74, 6) is -1.34. The summed E-state index contributed by atoms with van der Waals surface area (Å²) in [5, 5.41) is 18.9. The molecule has 5 nitrogen and oxygen atoms in total. The zero-order valence-corrected chi connectivity index (χ0v) is 11.2. The number of carboxylic acids is 1. The third-order valence-electron chi connectivity index (χ3n) is 4.54. The lowest BCUT2D eigenvalue weighted by Gasteiger charge is -2.23. The van der Waals surface area contributed by atoms with Crippen molar-refractivity contribution in [2.45, 2.75) is 38.3 Å². The molecule has 2 saturated heterocycles. The van der Waals surface area contributed by atoms with Crippen LogP contribution in [0.4, 0.5) is 0 Å². The zero-order chi connectivity index (χ0) is 14.4. The summed E-state index contributed by atoms with van der Waals surface area (Å²) in [6.07, 6.45) is 2.17. The number of hydrogen-bond donors (Lipinski definition) is 2. The number of phenols is 1. The Labute approximate surface area is 116 Å². The smallest absolute Gasteiger partial charge is 0.308 e. The molecule has 20 heavy (non-hydrogen) atoms. The molecule has 2 fully saturated rings. The van der Waals surface area contributed by atoms with Gasteiger partial charge < -0.3 is 15.1 Å². The second-order valence-electron chi connectivity index (χ2n) is 5.69. The summed E-state index contributed by atoms with van der Waals surface area (Å²) in [6, 6.07) is 4.68. The molecule has 0 spiro atoms. The molecule has 0 aromatic heterocycles. The monoisotopic (exact) mass is 275 g/mol. The number of rotatable bonds is 2. The molecular formula is C15H17NO4. The van der Waals surface area contributed by atoms with Gasteiger partial charge in [-0.3, -0.25) is 9.59 Å². The van der Waals surface area contributed by atoms with Crippen molar-refractivity contribution in [2.24, 2.45) is 5.92 Å². The minimum Gasteiger partial charge on any atom is -0.508 e. The van der Waals surface area contributed by atoms with Crippen molar-refractivity contribution in [3.63, 3.8) is 0 Å². The molecule has 0 aliphatic carbocycles. The summed E-state index contributed by atoms with van der Waals surface area (Å²) in [4.78, 5) is 25.5. The summed E-state index contributed by atoms with van der Waals surface area (Å²) in [6.45, 7) is 1.77. The predicted molar refractivity (Wildman–Crippen MR) is 71.6 cm³/mol. The van der Waals surface area contributed by atoms with E-state index >= 15 is 0 Å². The molecule has 2 heterocycles. The van der Waals surface area contributed by atoms with Gasteiger partial charge in [0, 0.05) is 17.6 Å². The number of amides is 1. The molecule has 2 bridgehead atoms. The average molecular weight is 275 g/mol. The van der Waals surface area contributed by atoms with Crippen LogP contribution in [0.5, 0.6) is 5.75 Å². The van der Waals surface area contributed by atoms with Crippen LogP contribution in [-0.4, -0.2) is 39.1 Å². The molecule has 1 aromatic rings. The van der Waals surface area contributed by atoms with Crippen molar-refractivity contribution in [3.05, 3.63) is 29.3 Å². The number of aryl methyl sites for hydroxylation is 1. The van der Waals surface area contributed by atoms with Crippen LogP contribution in [0.25, 0.3) is 0 Å². The van der Waals surface area contributed by atoms with Crippen molar-refractivity contribution < 1.29 is 19.8 Å². The molecule has 3 rings (SSSR count). The molecule has 0 saturated carbocycles. The van der Waals surface area contributed by atoms with Gasteiger partial charge in [0.05, 0.1) is 5.92 Å². The molecule has 1 aromatic carbocycles. The summed E-state index contributed by atoms with van der Waals surface area (Å²) in [5.41, 5.74) is 1.14. The van der Waals surface area contributed by atoms with Crippen LogP contribution in [0.15, 0.2) is 18.2 Å². The number of hydrogen-bond acceptors (Lipinski definition) is 3. The molecular weight excluding hydrogens is 258 g/mol. The lowest BCUT2D eigenvalue weighted by atomic mass is 9.89. The largest absolute Gasteiger partial charge is 0.508 e. The number of aromatic hydroxyl groups is 1. The van der Waals surface area contributed by atoms with E-state index in [0.717, 1.165) is 12.8 Å². The fourth-order valence-corrected chi connectivity index (χ4v) is 3.46. The molecule has 3 unspecified atom stereocenters. The summed E-state index contributed by atoms with van der Waals surface area (Å²) >= 11 is 0. The van der Waals surface area contributed by atoms with E-state index in [2.05, 4.69) is 0 Å². The molecule has 106 valence electrons. The minimum atomic E-state index is -0.818. The third-order valence-corrected chi connectivity index (χ3v) is 4.54. The number of nitrogens with zero attached hydrogens (tertiary/aromatic N) is 1. The number of phenolic OH excluding ortho intramolecular Hbond substituents is 1. The van der Waals surface area contributed by atoms with Gasteiger partial charge in [0.15, 0.2) is 0 Å². The maximum absolute atomic E-state index is 12.6. The van der Waals surface area contributed by atoms with Gasteiger partial charge in [-0.05, 0) is 43.9 Å². The van der Waals surface area contributed by atoms with E-state index in [1.54, 1.807) is 24.0 Å². The van der Waals surface area contributed by atoms with Crippen molar-refractivity contribution in [1.29, 1.82) is 0 Å². The molecule has 1 amide bonds. The fraction of sp³-hybridized carbons (Fsp3) is 0.467. The third kappa shape index (κ3) is 1.85. The summed E-state index contributed by atoms with van der Waals surface area (Å²) < 4.78 is 0. The first kappa shape index (κ1) is 13.0. The van der Waals surface area contributed by atoms with Crippen LogP contribution in [0.3, 0.4) is 0 Å². The van der Waals surface area contributed by atoms with Crippen LogP contribution >= 0.6 is 0 Å². The SMILES string of the molecule is Cc1ccc(C(=O)N2C3CCC2C(C(=O)O)C3)cc1O. The van der Waals surface area contributed by atoms with Gasteiger partial charge in [0.25, 0.3) is 5.91 Å². The van der Waals surface area contributed by atoms with E-state index in [1.165, 1.54) is 6.07 Å². The van der Waals surface area contributed by atoms with Crippen LogP contribution in [0.2, 0.25) is 0 Å². The van der Waals surface area contributed by atoms with Crippen molar-refractivity contribution in [2.75, 3.05) is 0 Å². The highest BCUT2D eigenvalue weighted by Crippen LogP contribution is 2.42. The van der Waals surface area contributed by atoms with Gasteiger partial charge in [-0.2, -0.15) is 0 Å². The maximum atomic E-state index is 12.6. The minimum absolute atomic E-state index is 0.0250. The first-order valence-corrected chi connectivity index (χ1v) is 6.84.